The van der Waals surface area contributed by atoms with Crippen LogP contribution >= 0.6 is 11.3 Å². The molecule has 2 aromatic rings. The summed E-state index contributed by atoms with van der Waals surface area (Å²) >= 11 is 1.78. The van der Waals surface area contributed by atoms with E-state index in [2.05, 4.69) is 24.2 Å². The zero-order chi connectivity index (χ0) is 10.8. The zero-order valence-electron chi connectivity index (χ0n) is 8.97. The van der Waals surface area contributed by atoms with Crippen molar-refractivity contribution in [3.63, 3.8) is 0 Å². The standard InChI is InChI=1S/C11H15N3S/c1-3-9-4-5-10(15-9)11(12)8-6-13-14(2)7-8/h4-7,11H,3,12H2,1-2H3. The molecule has 0 radical (unpaired) electrons. The maximum atomic E-state index is 6.15. The van der Waals surface area contributed by atoms with Gasteiger partial charge in [0.2, 0.25) is 0 Å². The smallest absolute Gasteiger partial charge is 0.0677 e. The first kappa shape index (κ1) is 10.4. The highest BCUT2D eigenvalue weighted by molar-refractivity contribution is 7.12. The second kappa shape index (κ2) is 4.16. The Morgan fingerprint density at radius 1 is 1.53 bits per heavy atom. The first-order valence-electron chi connectivity index (χ1n) is 5.03. The van der Waals surface area contributed by atoms with Crippen molar-refractivity contribution in [1.82, 2.24) is 9.78 Å². The van der Waals surface area contributed by atoms with Crippen molar-refractivity contribution < 1.29 is 0 Å². The Bertz CT molecular complexity index is 444. The van der Waals surface area contributed by atoms with Crippen LogP contribution < -0.4 is 5.73 Å². The minimum absolute atomic E-state index is 0.0380. The summed E-state index contributed by atoms with van der Waals surface area (Å²) in [5.74, 6) is 0. The van der Waals surface area contributed by atoms with Gasteiger partial charge in [-0.3, -0.25) is 4.68 Å². The van der Waals surface area contributed by atoms with E-state index in [4.69, 9.17) is 5.73 Å². The minimum atomic E-state index is -0.0380. The monoisotopic (exact) mass is 221 g/mol. The van der Waals surface area contributed by atoms with Gasteiger partial charge in [-0.15, -0.1) is 11.3 Å². The molecule has 4 heteroatoms. The molecule has 80 valence electrons. The molecule has 0 aliphatic carbocycles. The van der Waals surface area contributed by atoms with Crippen LogP contribution in [0.1, 0.15) is 28.3 Å². The average molecular weight is 221 g/mol. The highest BCUT2D eigenvalue weighted by Gasteiger charge is 2.12. The lowest BCUT2D eigenvalue weighted by Crippen LogP contribution is -2.09. The fraction of sp³-hybridized carbons (Fsp3) is 0.364. The summed E-state index contributed by atoms with van der Waals surface area (Å²) in [6, 6.07) is 4.22. The molecular weight excluding hydrogens is 206 g/mol. The van der Waals surface area contributed by atoms with E-state index in [-0.39, 0.29) is 6.04 Å². The predicted octanol–water partition coefficient (Wildman–Crippen LogP) is 2.09. The fourth-order valence-corrected chi connectivity index (χ4v) is 2.50. The summed E-state index contributed by atoms with van der Waals surface area (Å²) in [6.45, 7) is 2.16. The van der Waals surface area contributed by atoms with Crippen LogP contribution in [0.5, 0.6) is 0 Å². The van der Waals surface area contributed by atoms with Gasteiger partial charge in [0.15, 0.2) is 0 Å². The van der Waals surface area contributed by atoms with Gasteiger partial charge >= 0.3 is 0 Å². The molecule has 0 aliphatic heterocycles. The molecule has 0 bridgehead atoms. The summed E-state index contributed by atoms with van der Waals surface area (Å²) < 4.78 is 1.78. The third-order valence-corrected chi connectivity index (χ3v) is 3.73. The van der Waals surface area contributed by atoms with E-state index in [0.717, 1.165) is 12.0 Å². The number of nitrogens with two attached hydrogens (primary N) is 1. The van der Waals surface area contributed by atoms with Gasteiger partial charge in [0.1, 0.15) is 0 Å². The Labute approximate surface area is 93.5 Å². The Balaban J connectivity index is 2.23. The number of rotatable bonds is 3. The molecule has 15 heavy (non-hydrogen) atoms. The Morgan fingerprint density at radius 2 is 2.33 bits per heavy atom. The molecule has 0 spiro atoms. The van der Waals surface area contributed by atoms with Crippen LogP contribution in [0.15, 0.2) is 24.5 Å². The van der Waals surface area contributed by atoms with Gasteiger partial charge in [-0.05, 0) is 18.6 Å². The summed E-state index contributed by atoms with van der Waals surface area (Å²) in [6.07, 6.45) is 4.87. The number of nitrogens with zero attached hydrogens (tertiary/aromatic N) is 2. The normalized spacial score (nSPS) is 13.0. The fourth-order valence-electron chi connectivity index (χ4n) is 1.52. The SMILES string of the molecule is CCc1ccc(C(N)c2cnn(C)c2)s1. The molecule has 0 aromatic carbocycles. The molecule has 0 fully saturated rings. The van der Waals surface area contributed by atoms with E-state index < -0.39 is 0 Å². The number of aromatic nitrogens is 2. The second-order valence-corrected chi connectivity index (χ2v) is 4.78. The molecule has 2 aromatic heterocycles. The number of hydrogen-bond donors (Lipinski definition) is 1. The number of hydrogen-bond acceptors (Lipinski definition) is 3. The van der Waals surface area contributed by atoms with Gasteiger partial charge in [0.05, 0.1) is 12.2 Å². The first-order chi connectivity index (χ1) is 7.20. The predicted molar refractivity (Wildman–Crippen MR) is 62.9 cm³/mol. The lowest BCUT2D eigenvalue weighted by Gasteiger charge is -2.05. The maximum absolute atomic E-state index is 6.15. The van der Waals surface area contributed by atoms with Crippen molar-refractivity contribution >= 4 is 11.3 Å². The molecule has 0 saturated carbocycles. The van der Waals surface area contributed by atoms with Crippen molar-refractivity contribution in [3.05, 3.63) is 39.8 Å². The summed E-state index contributed by atoms with van der Waals surface area (Å²) in [5, 5.41) is 4.13. The lowest BCUT2D eigenvalue weighted by atomic mass is 10.1. The van der Waals surface area contributed by atoms with Crippen LogP contribution in [0.3, 0.4) is 0 Å². The van der Waals surface area contributed by atoms with Crippen molar-refractivity contribution in [3.8, 4) is 0 Å². The lowest BCUT2D eigenvalue weighted by molar-refractivity contribution is 0.765. The molecule has 3 nitrogen and oxygen atoms in total. The first-order valence-corrected chi connectivity index (χ1v) is 5.85. The van der Waals surface area contributed by atoms with Gasteiger partial charge in [-0.2, -0.15) is 5.10 Å². The molecule has 0 saturated heterocycles. The van der Waals surface area contributed by atoms with Gasteiger partial charge < -0.3 is 5.73 Å². The third-order valence-electron chi connectivity index (χ3n) is 2.42. The topological polar surface area (TPSA) is 43.8 Å². The molecular formula is C11H15N3S. The van der Waals surface area contributed by atoms with Crippen molar-refractivity contribution in [2.45, 2.75) is 19.4 Å². The molecule has 0 aliphatic rings. The minimum Gasteiger partial charge on any atom is -0.320 e. The number of aryl methyl sites for hydroxylation is 2. The van der Waals surface area contributed by atoms with E-state index in [9.17, 15) is 0 Å². The molecule has 1 unspecified atom stereocenters. The highest BCUT2D eigenvalue weighted by Crippen LogP contribution is 2.26. The van der Waals surface area contributed by atoms with Crippen molar-refractivity contribution in [2.75, 3.05) is 0 Å². The van der Waals surface area contributed by atoms with Gasteiger partial charge in [-0.25, -0.2) is 0 Å². The van der Waals surface area contributed by atoms with Crippen LogP contribution in [-0.2, 0) is 13.5 Å². The average Bonchev–Trinajstić information content (AvgIpc) is 2.84. The summed E-state index contributed by atoms with van der Waals surface area (Å²) in [5.41, 5.74) is 7.23. The van der Waals surface area contributed by atoms with E-state index in [0.29, 0.717) is 0 Å². The maximum Gasteiger partial charge on any atom is 0.0677 e. The van der Waals surface area contributed by atoms with E-state index in [1.165, 1.54) is 9.75 Å². The van der Waals surface area contributed by atoms with E-state index in [1.54, 1.807) is 16.0 Å². The molecule has 2 N–H and O–H groups in total. The van der Waals surface area contributed by atoms with Crippen LogP contribution in [0.2, 0.25) is 0 Å². The quantitative estimate of drug-likeness (QED) is 0.862. The van der Waals surface area contributed by atoms with Crippen LogP contribution in [0, 0.1) is 0 Å². The van der Waals surface area contributed by atoms with Gasteiger partial charge in [0.25, 0.3) is 0 Å². The molecule has 2 rings (SSSR count). The van der Waals surface area contributed by atoms with Gasteiger partial charge in [0, 0.05) is 28.6 Å². The van der Waals surface area contributed by atoms with Crippen molar-refractivity contribution in [1.29, 1.82) is 0 Å². The molecule has 1 atom stereocenters. The van der Waals surface area contributed by atoms with E-state index in [1.807, 2.05) is 19.4 Å². The van der Waals surface area contributed by atoms with Crippen molar-refractivity contribution in [2.24, 2.45) is 12.8 Å². The van der Waals surface area contributed by atoms with E-state index >= 15 is 0 Å². The van der Waals surface area contributed by atoms with Crippen LogP contribution in [-0.4, -0.2) is 9.78 Å². The Kier molecular flexibility index (Phi) is 2.88. The second-order valence-electron chi connectivity index (χ2n) is 3.58. The molecule has 0 amide bonds. The van der Waals surface area contributed by atoms with Crippen LogP contribution in [0.4, 0.5) is 0 Å². The largest absolute Gasteiger partial charge is 0.320 e. The zero-order valence-corrected chi connectivity index (χ0v) is 9.79. The Morgan fingerprint density at radius 3 is 2.87 bits per heavy atom. The third kappa shape index (κ3) is 2.11. The summed E-state index contributed by atoms with van der Waals surface area (Å²) in [7, 11) is 1.90. The number of thiophene rings is 1. The van der Waals surface area contributed by atoms with Gasteiger partial charge in [-0.1, -0.05) is 6.92 Å². The van der Waals surface area contributed by atoms with Crippen LogP contribution in [0.25, 0.3) is 0 Å². The highest BCUT2D eigenvalue weighted by atomic mass is 32.1. The summed E-state index contributed by atoms with van der Waals surface area (Å²) in [4.78, 5) is 2.59. The molecule has 2 heterocycles. The Hall–Kier alpha value is -1.13.